The smallest absolute Gasteiger partial charge is 0.317 e. The van der Waals surface area contributed by atoms with E-state index in [2.05, 4.69) is 70.2 Å². The van der Waals surface area contributed by atoms with Gasteiger partial charge in [-0.25, -0.2) is 0 Å². The lowest BCUT2D eigenvalue weighted by molar-refractivity contribution is -0.139. The molecule has 1 heterocycles. The van der Waals surface area contributed by atoms with E-state index in [-0.39, 0.29) is 18.6 Å². The monoisotopic (exact) mass is 402 g/mol. The fourth-order valence-corrected chi connectivity index (χ4v) is 4.09. The van der Waals surface area contributed by atoms with E-state index in [1.165, 1.54) is 11.1 Å². The third kappa shape index (κ3) is 4.29. The van der Waals surface area contributed by atoms with Gasteiger partial charge in [-0.2, -0.15) is 0 Å². The fourth-order valence-electron chi connectivity index (χ4n) is 3.59. The third-order valence-corrected chi connectivity index (χ3v) is 5.54. The number of hydrogen-bond donors (Lipinski definition) is 1. The molecule has 0 saturated carbocycles. The molecule has 3 rings (SSSR count). The molecule has 25 heavy (non-hydrogen) atoms. The molecule has 1 saturated heterocycles. The van der Waals surface area contributed by atoms with Gasteiger partial charge in [-0.15, -0.1) is 0 Å². The second kappa shape index (κ2) is 8.13. The Labute approximate surface area is 157 Å². The Morgan fingerprint density at radius 2 is 1.84 bits per heavy atom. The minimum atomic E-state index is -0.759. The normalized spacial score (nSPS) is 20.3. The Hall–Kier alpha value is -1.69. The summed E-state index contributed by atoms with van der Waals surface area (Å²) >= 11 is 3.71. The van der Waals surface area contributed by atoms with Crippen LogP contribution < -0.4 is 0 Å². The molecule has 2 aromatic rings. The van der Waals surface area contributed by atoms with Crippen molar-refractivity contribution in [2.45, 2.75) is 19.0 Å². The maximum absolute atomic E-state index is 11.1. The van der Waals surface area contributed by atoms with Gasteiger partial charge in [0.15, 0.2) is 0 Å². The molecule has 2 atom stereocenters. The first kappa shape index (κ1) is 18.1. The average molecular weight is 403 g/mol. The molecule has 0 radical (unpaired) electrons. The van der Waals surface area contributed by atoms with E-state index in [1.807, 2.05) is 17.0 Å². The zero-order chi connectivity index (χ0) is 17.8. The van der Waals surface area contributed by atoms with Crippen molar-refractivity contribution in [2.75, 3.05) is 26.2 Å². The number of aliphatic carboxylic acids is 1. The quantitative estimate of drug-likeness (QED) is 0.828. The highest BCUT2D eigenvalue weighted by Crippen LogP contribution is 2.34. The van der Waals surface area contributed by atoms with Crippen molar-refractivity contribution in [3.05, 3.63) is 70.2 Å². The highest BCUT2D eigenvalue weighted by Gasteiger charge is 2.31. The van der Waals surface area contributed by atoms with Crippen LogP contribution in [-0.4, -0.2) is 53.1 Å². The van der Waals surface area contributed by atoms with E-state index in [9.17, 15) is 4.79 Å². The number of rotatable bonds is 5. The molecule has 0 bridgehead atoms. The van der Waals surface area contributed by atoms with Crippen molar-refractivity contribution in [1.29, 1.82) is 0 Å². The van der Waals surface area contributed by atoms with Gasteiger partial charge in [-0.1, -0.05) is 64.5 Å². The van der Waals surface area contributed by atoms with E-state index in [0.29, 0.717) is 0 Å². The van der Waals surface area contributed by atoms with Gasteiger partial charge in [0, 0.05) is 30.1 Å². The lowest BCUT2D eigenvalue weighted by Crippen LogP contribution is -2.54. The van der Waals surface area contributed by atoms with Crippen LogP contribution in [0, 0.1) is 0 Å². The molecule has 1 N–H and O–H groups in total. The first-order valence-corrected chi connectivity index (χ1v) is 9.35. The van der Waals surface area contributed by atoms with Gasteiger partial charge in [0.05, 0.1) is 12.6 Å². The molecule has 1 fully saturated rings. The van der Waals surface area contributed by atoms with Gasteiger partial charge in [-0.05, 0) is 24.1 Å². The van der Waals surface area contributed by atoms with Gasteiger partial charge in [0.2, 0.25) is 0 Å². The number of piperazine rings is 1. The van der Waals surface area contributed by atoms with Crippen LogP contribution in [0.15, 0.2) is 59.1 Å². The summed E-state index contributed by atoms with van der Waals surface area (Å²) in [6, 6.07) is 19.2. The van der Waals surface area contributed by atoms with Gasteiger partial charge in [0.25, 0.3) is 0 Å². The molecule has 2 aromatic carbocycles. The summed E-state index contributed by atoms with van der Waals surface area (Å²) in [4.78, 5) is 15.6. The Bertz CT molecular complexity index is 723. The van der Waals surface area contributed by atoms with Crippen LogP contribution >= 0.6 is 15.9 Å². The summed E-state index contributed by atoms with van der Waals surface area (Å²) in [5, 5.41) is 9.09. The second-order valence-electron chi connectivity index (χ2n) is 6.54. The van der Waals surface area contributed by atoms with Crippen LogP contribution in [0.2, 0.25) is 0 Å². The summed E-state index contributed by atoms with van der Waals surface area (Å²) < 4.78 is 1.10. The van der Waals surface area contributed by atoms with Gasteiger partial charge >= 0.3 is 5.97 Å². The van der Waals surface area contributed by atoms with Crippen molar-refractivity contribution in [1.82, 2.24) is 9.80 Å². The Morgan fingerprint density at radius 1 is 1.16 bits per heavy atom. The highest BCUT2D eigenvalue weighted by atomic mass is 79.9. The molecule has 1 aliphatic heterocycles. The van der Waals surface area contributed by atoms with E-state index in [1.54, 1.807) is 0 Å². The molecule has 0 aromatic heterocycles. The Kier molecular flexibility index (Phi) is 5.89. The number of nitrogens with zero attached hydrogens (tertiary/aromatic N) is 2. The summed E-state index contributed by atoms with van der Waals surface area (Å²) in [5.74, 6) is -0.759. The first-order chi connectivity index (χ1) is 12.1. The number of carboxylic acids is 1. The number of hydrogen-bond acceptors (Lipinski definition) is 3. The van der Waals surface area contributed by atoms with Gasteiger partial charge < -0.3 is 5.11 Å². The Balaban J connectivity index is 1.89. The predicted molar refractivity (Wildman–Crippen MR) is 103 cm³/mol. The molecule has 0 aliphatic carbocycles. The zero-order valence-corrected chi connectivity index (χ0v) is 15.9. The molecule has 0 amide bonds. The second-order valence-corrected chi connectivity index (χ2v) is 7.40. The number of benzene rings is 2. The van der Waals surface area contributed by atoms with Gasteiger partial charge in [0.1, 0.15) is 0 Å². The van der Waals surface area contributed by atoms with Crippen LogP contribution in [0.5, 0.6) is 0 Å². The van der Waals surface area contributed by atoms with Crippen molar-refractivity contribution < 1.29 is 9.90 Å². The fraction of sp³-hybridized carbons (Fsp3) is 0.350. The van der Waals surface area contributed by atoms with Crippen molar-refractivity contribution in [3.63, 3.8) is 0 Å². The number of carboxylic acid groups (broad SMARTS) is 1. The van der Waals surface area contributed by atoms with Crippen molar-refractivity contribution >= 4 is 21.9 Å². The topological polar surface area (TPSA) is 43.8 Å². The highest BCUT2D eigenvalue weighted by molar-refractivity contribution is 9.10. The maximum Gasteiger partial charge on any atom is 0.317 e. The molecular weight excluding hydrogens is 380 g/mol. The molecule has 1 aliphatic rings. The largest absolute Gasteiger partial charge is 0.480 e. The van der Waals surface area contributed by atoms with E-state index in [4.69, 9.17) is 5.11 Å². The summed E-state index contributed by atoms with van der Waals surface area (Å²) in [6.07, 6.45) is 0. The molecule has 5 heteroatoms. The SMILES string of the molecule is C[C@@H]1CN([C@H](c2ccccc2)c2ccccc2Br)CCN1CC(=O)O. The number of halogens is 1. The third-order valence-electron chi connectivity index (χ3n) is 4.82. The molecule has 132 valence electrons. The minimum absolute atomic E-state index is 0.111. The van der Waals surface area contributed by atoms with Crippen LogP contribution in [0.25, 0.3) is 0 Å². The average Bonchev–Trinajstić information content (AvgIpc) is 2.60. The lowest BCUT2D eigenvalue weighted by Gasteiger charge is -2.43. The Morgan fingerprint density at radius 3 is 2.48 bits per heavy atom. The molecule has 4 nitrogen and oxygen atoms in total. The summed E-state index contributed by atoms with van der Waals surface area (Å²) in [6.45, 7) is 4.67. The molecule has 0 spiro atoms. The van der Waals surface area contributed by atoms with Gasteiger partial charge in [-0.3, -0.25) is 14.6 Å². The van der Waals surface area contributed by atoms with Crippen molar-refractivity contribution in [2.24, 2.45) is 0 Å². The van der Waals surface area contributed by atoms with Crippen LogP contribution in [0.4, 0.5) is 0 Å². The van der Waals surface area contributed by atoms with E-state index >= 15 is 0 Å². The summed E-state index contributed by atoms with van der Waals surface area (Å²) in [5.41, 5.74) is 2.50. The standard InChI is InChI=1S/C20H23BrN2O2/c1-15-13-23(12-11-22(15)14-19(24)25)20(16-7-3-2-4-8-16)17-9-5-6-10-18(17)21/h2-10,15,20H,11-14H2,1H3,(H,24,25)/t15-,20-/m1/s1. The van der Waals surface area contributed by atoms with Crippen LogP contribution in [-0.2, 0) is 4.79 Å². The zero-order valence-electron chi connectivity index (χ0n) is 14.3. The predicted octanol–water partition coefficient (Wildman–Crippen LogP) is 3.63. The van der Waals surface area contributed by atoms with Crippen LogP contribution in [0.1, 0.15) is 24.1 Å². The summed E-state index contributed by atoms with van der Waals surface area (Å²) in [7, 11) is 0. The minimum Gasteiger partial charge on any atom is -0.480 e. The maximum atomic E-state index is 11.1. The lowest BCUT2D eigenvalue weighted by atomic mass is 9.95. The first-order valence-electron chi connectivity index (χ1n) is 8.55. The van der Waals surface area contributed by atoms with E-state index in [0.717, 1.165) is 24.1 Å². The van der Waals surface area contributed by atoms with E-state index < -0.39 is 5.97 Å². The van der Waals surface area contributed by atoms with Crippen LogP contribution in [0.3, 0.4) is 0 Å². The van der Waals surface area contributed by atoms with Crippen molar-refractivity contribution in [3.8, 4) is 0 Å². The number of carbonyl (C=O) groups is 1. The molecular formula is C20H23BrN2O2. The molecule has 0 unspecified atom stereocenters.